The van der Waals surface area contributed by atoms with Gasteiger partial charge in [-0.25, -0.2) is 0 Å². The number of carbonyl (C=O) groups excluding carboxylic acids is 1. The number of rotatable bonds is 0. The van der Waals surface area contributed by atoms with Crippen LogP contribution in [0.2, 0.25) is 0 Å². The normalized spacial score (nSPS) is 45.1. The number of hydrogen-bond donors (Lipinski definition) is 0. The monoisotopic (exact) mass is 376 g/mol. The van der Waals surface area contributed by atoms with Crippen molar-refractivity contribution in [3.8, 4) is 0 Å². The molecule has 4 rings (SSSR count). The molecule has 2 bridgehead atoms. The van der Waals surface area contributed by atoms with Gasteiger partial charge in [0.25, 0.3) is 0 Å². The Balaban J connectivity index is 2.43. The number of allylic oxidation sites excluding steroid dienone is 6. The number of fused-ring (bicyclic) bond motifs is 1. The van der Waals surface area contributed by atoms with E-state index in [1.807, 2.05) is 12.2 Å². The van der Waals surface area contributed by atoms with E-state index in [9.17, 15) is 4.79 Å². The molecule has 0 aromatic rings. The molecule has 19 heavy (non-hydrogen) atoms. The quantitative estimate of drug-likeness (QED) is 0.423. The molecule has 0 amide bonds. The molecule has 0 N–H and O–H groups in total. The smallest absolute Gasteiger partial charge is 0.202 e. The van der Waals surface area contributed by atoms with Gasteiger partial charge in [0.1, 0.15) is 14.8 Å². The first-order chi connectivity index (χ1) is 8.77. The van der Waals surface area contributed by atoms with E-state index in [1.54, 1.807) is 0 Å². The van der Waals surface area contributed by atoms with Crippen LogP contribution in [0.1, 0.15) is 6.42 Å². The van der Waals surface area contributed by atoms with Crippen LogP contribution in [-0.4, -0.2) is 15.5 Å². The Labute approximate surface area is 140 Å². The van der Waals surface area contributed by atoms with Crippen LogP contribution >= 0.6 is 69.6 Å². The summed E-state index contributed by atoms with van der Waals surface area (Å²) in [6, 6.07) is 0. The lowest BCUT2D eigenvalue weighted by atomic mass is 9.71. The lowest BCUT2D eigenvalue weighted by Crippen LogP contribution is -2.50. The predicted octanol–water partition coefficient (Wildman–Crippen LogP) is 5.11. The first-order valence-corrected chi connectivity index (χ1v) is 7.75. The first kappa shape index (κ1) is 14.6. The molecule has 2 unspecified atom stereocenters. The SMILES string of the molecule is O=C1C(Cl)=C(Cl)[C@@]2(Cl)C(Cl)=C(Cl)[C@]1(Cl)C1CC=CC12. The van der Waals surface area contributed by atoms with Crippen molar-refractivity contribution in [2.75, 3.05) is 0 Å². The average Bonchev–Trinajstić information content (AvgIpc) is 2.88. The van der Waals surface area contributed by atoms with Gasteiger partial charge in [-0.05, 0) is 6.42 Å². The van der Waals surface area contributed by atoms with Crippen LogP contribution in [0.3, 0.4) is 0 Å². The van der Waals surface area contributed by atoms with Gasteiger partial charge in [0.05, 0.1) is 15.1 Å². The molecule has 102 valence electrons. The Hall–Kier alpha value is 0.630. The van der Waals surface area contributed by atoms with E-state index < -0.39 is 15.5 Å². The highest BCUT2D eigenvalue weighted by molar-refractivity contribution is 6.62. The van der Waals surface area contributed by atoms with Gasteiger partial charge >= 0.3 is 0 Å². The van der Waals surface area contributed by atoms with E-state index in [1.165, 1.54) is 0 Å². The molecular formula is C12H6Cl6O. The minimum Gasteiger partial charge on any atom is -0.291 e. The van der Waals surface area contributed by atoms with Crippen molar-refractivity contribution in [1.29, 1.82) is 0 Å². The zero-order chi connectivity index (χ0) is 14.2. The fraction of sp³-hybridized carbons (Fsp3) is 0.417. The van der Waals surface area contributed by atoms with Gasteiger partial charge in [-0.15, -0.1) is 23.2 Å². The third-order valence-electron chi connectivity index (χ3n) is 4.01. The minimum atomic E-state index is -1.49. The Morgan fingerprint density at radius 3 is 2.21 bits per heavy atom. The van der Waals surface area contributed by atoms with Crippen LogP contribution in [0.15, 0.2) is 32.3 Å². The number of alkyl halides is 2. The Morgan fingerprint density at radius 1 is 1.00 bits per heavy atom. The average molecular weight is 379 g/mol. The Kier molecular flexibility index (Phi) is 3.31. The summed E-state index contributed by atoms with van der Waals surface area (Å²) in [5, 5.41) is -0.101. The summed E-state index contributed by atoms with van der Waals surface area (Å²) in [4.78, 5) is 9.71. The highest BCUT2D eigenvalue weighted by Gasteiger charge is 2.66. The van der Waals surface area contributed by atoms with E-state index in [0.29, 0.717) is 6.42 Å². The van der Waals surface area contributed by atoms with Crippen molar-refractivity contribution in [2.45, 2.75) is 16.2 Å². The van der Waals surface area contributed by atoms with Gasteiger partial charge < -0.3 is 0 Å². The van der Waals surface area contributed by atoms with Gasteiger partial charge in [-0.1, -0.05) is 58.6 Å². The van der Waals surface area contributed by atoms with Crippen molar-refractivity contribution in [3.05, 3.63) is 32.3 Å². The fourth-order valence-electron chi connectivity index (χ4n) is 3.03. The molecule has 1 nitrogen and oxygen atoms in total. The molecule has 0 spiro atoms. The topological polar surface area (TPSA) is 17.1 Å². The van der Waals surface area contributed by atoms with Gasteiger partial charge in [0.15, 0.2) is 0 Å². The summed E-state index contributed by atoms with van der Waals surface area (Å²) in [7, 11) is 0. The van der Waals surface area contributed by atoms with Crippen LogP contribution in [0.25, 0.3) is 0 Å². The molecule has 7 heteroatoms. The second-order valence-electron chi connectivity index (χ2n) is 4.80. The number of hydrogen-bond acceptors (Lipinski definition) is 1. The molecule has 0 saturated carbocycles. The molecule has 0 aromatic heterocycles. The standard InChI is InChI=1S/C12H6Cl6O/c13-6-7(14)11(17)4-2-1-3-5(4)12(18,10(6)19)9(16)8(11)15/h1-2,4-5H,3H2/t4?,5?,11-,12-/m1/s1. The van der Waals surface area contributed by atoms with E-state index >= 15 is 0 Å². The van der Waals surface area contributed by atoms with Crippen LogP contribution in [-0.2, 0) is 4.79 Å². The predicted molar refractivity (Wildman–Crippen MR) is 80.4 cm³/mol. The maximum atomic E-state index is 12.5. The molecule has 0 aliphatic heterocycles. The largest absolute Gasteiger partial charge is 0.291 e. The molecular weight excluding hydrogens is 373 g/mol. The number of ketones is 1. The summed E-state index contributed by atoms with van der Waals surface area (Å²) in [6.45, 7) is 0. The maximum absolute atomic E-state index is 12.5. The minimum absolute atomic E-state index is 0.00874. The molecule has 0 fully saturated rings. The van der Waals surface area contributed by atoms with Crippen molar-refractivity contribution < 1.29 is 4.79 Å². The maximum Gasteiger partial charge on any atom is 0.202 e. The van der Waals surface area contributed by atoms with Crippen molar-refractivity contribution >= 4 is 75.4 Å². The second kappa shape index (κ2) is 4.32. The Bertz CT molecular complexity index is 591. The number of halogens is 6. The zero-order valence-corrected chi connectivity index (χ0v) is 13.7. The third kappa shape index (κ3) is 1.50. The number of carbonyl (C=O) groups is 1. The van der Waals surface area contributed by atoms with E-state index in [4.69, 9.17) is 69.6 Å². The summed E-state index contributed by atoms with van der Waals surface area (Å²) < 4.78 is 0. The summed E-state index contributed by atoms with van der Waals surface area (Å²) >= 11 is 37.9. The van der Waals surface area contributed by atoms with Crippen LogP contribution < -0.4 is 0 Å². The lowest BCUT2D eigenvalue weighted by molar-refractivity contribution is -0.117. The van der Waals surface area contributed by atoms with Crippen molar-refractivity contribution in [2.24, 2.45) is 11.8 Å². The van der Waals surface area contributed by atoms with Crippen molar-refractivity contribution in [1.82, 2.24) is 0 Å². The van der Waals surface area contributed by atoms with Crippen molar-refractivity contribution in [3.63, 3.8) is 0 Å². The molecule has 4 aliphatic carbocycles. The van der Waals surface area contributed by atoms with Gasteiger partial charge in [-0.3, -0.25) is 4.79 Å². The second-order valence-corrected chi connectivity index (χ2v) is 7.51. The highest BCUT2D eigenvalue weighted by atomic mass is 35.5. The highest BCUT2D eigenvalue weighted by Crippen LogP contribution is 2.65. The molecule has 0 saturated heterocycles. The van der Waals surface area contributed by atoms with Gasteiger partial charge in [0, 0.05) is 11.8 Å². The molecule has 4 aliphatic rings. The first-order valence-electron chi connectivity index (χ1n) is 5.48. The Morgan fingerprint density at radius 2 is 1.58 bits per heavy atom. The fourth-order valence-corrected chi connectivity index (χ4v) is 5.45. The van der Waals surface area contributed by atoms with E-state index in [-0.39, 0.29) is 32.0 Å². The number of Topliss-reactive ketones (excluding diaryl/α,β-unsaturated/α-hetero) is 1. The summed E-state index contributed by atoms with van der Waals surface area (Å²) in [5.74, 6) is -1.16. The molecule has 0 radical (unpaired) electrons. The molecule has 4 atom stereocenters. The van der Waals surface area contributed by atoms with Crippen LogP contribution in [0.4, 0.5) is 0 Å². The summed E-state index contributed by atoms with van der Waals surface area (Å²) in [5.41, 5.74) is 0. The van der Waals surface area contributed by atoms with E-state index in [0.717, 1.165) is 0 Å². The molecule has 0 heterocycles. The van der Waals surface area contributed by atoms with Gasteiger partial charge in [0.2, 0.25) is 5.78 Å². The zero-order valence-electron chi connectivity index (χ0n) is 9.19. The lowest BCUT2D eigenvalue weighted by Gasteiger charge is -2.44. The van der Waals surface area contributed by atoms with Crippen LogP contribution in [0.5, 0.6) is 0 Å². The third-order valence-corrected chi connectivity index (χ3v) is 7.59. The van der Waals surface area contributed by atoms with Gasteiger partial charge in [-0.2, -0.15) is 0 Å². The summed E-state index contributed by atoms with van der Waals surface area (Å²) in [6.07, 6.45) is 4.34. The van der Waals surface area contributed by atoms with Crippen LogP contribution in [0, 0.1) is 11.8 Å². The molecule has 0 aromatic carbocycles. The van der Waals surface area contributed by atoms with E-state index in [2.05, 4.69) is 0 Å².